The maximum absolute atomic E-state index is 13.1. The monoisotopic (exact) mass is 447 g/mol. The van der Waals surface area contributed by atoms with Gasteiger partial charge in [-0.2, -0.15) is 0 Å². The highest BCUT2D eigenvalue weighted by atomic mass is 16.5. The first-order valence-corrected chi connectivity index (χ1v) is 10.2. The Labute approximate surface area is 191 Å². The summed E-state index contributed by atoms with van der Waals surface area (Å²) in [5.74, 6) is 1.37. The first kappa shape index (κ1) is 22.0. The normalized spacial score (nSPS) is 10.7. The summed E-state index contributed by atoms with van der Waals surface area (Å²) in [6.45, 7) is 2.02. The molecule has 0 aliphatic carbocycles. The second-order valence-electron chi connectivity index (χ2n) is 7.33. The molecule has 0 aliphatic rings. The zero-order valence-electron chi connectivity index (χ0n) is 19.1. The standard InChI is InChI=1S/C25H25N3O5/c1-15-7-6-10-28-14-19(26-24(15)28)16-8-9-20(30-2)18(11-16)27-25(29)17-12-21(31-3)23(33-5)22(13-17)32-4/h6-14H,1-5H3,(H,27,29). The number of nitrogens with zero attached hydrogens (tertiary/aromatic N) is 2. The van der Waals surface area contributed by atoms with Crippen LogP contribution in [0.3, 0.4) is 0 Å². The Hall–Kier alpha value is -4.20. The Balaban J connectivity index is 1.70. The molecule has 4 rings (SSSR count). The number of imidazole rings is 1. The number of aryl methyl sites for hydroxylation is 1. The number of hydrogen-bond donors (Lipinski definition) is 1. The van der Waals surface area contributed by atoms with Gasteiger partial charge >= 0.3 is 0 Å². The van der Waals surface area contributed by atoms with Crippen molar-refractivity contribution in [3.8, 4) is 34.3 Å². The minimum absolute atomic E-state index is 0.348. The van der Waals surface area contributed by atoms with Crippen molar-refractivity contribution in [2.45, 2.75) is 6.92 Å². The van der Waals surface area contributed by atoms with Crippen LogP contribution in [0, 0.1) is 6.92 Å². The Kier molecular flexibility index (Phi) is 6.08. The topological polar surface area (TPSA) is 83.3 Å². The van der Waals surface area contributed by atoms with E-state index in [1.165, 1.54) is 21.3 Å². The molecular weight excluding hydrogens is 422 g/mol. The molecule has 0 aliphatic heterocycles. The van der Waals surface area contributed by atoms with Gasteiger partial charge < -0.3 is 28.7 Å². The summed E-state index contributed by atoms with van der Waals surface area (Å²) in [6.07, 6.45) is 3.91. The van der Waals surface area contributed by atoms with Crippen molar-refractivity contribution < 1.29 is 23.7 Å². The number of benzene rings is 2. The quantitative estimate of drug-likeness (QED) is 0.446. The average molecular weight is 447 g/mol. The SMILES string of the molecule is COc1ccc(-c2cn3cccc(C)c3n2)cc1NC(=O)c1cc(OC)c(OC)c(OC)c1. The van der Waals surface area contributed by atoms with Crippen molar-refractivity contribution in [1.29, 1.82) is 0 Å². The highest BCUT2D eigenvalue weighted by molar-refractivity contribution is 6.06. The van der Waals surface area contributed by atoms with Gasteiger partial charge in [0.15, 0.2) is 11.5 Å². The first-order valence-electron chi connectivity index (χ1n) is 10.2. The van der Waals surface area contributed by atoms with Crippen LogP contribution in [0.1, 0.15) is 15.9 Å². The molecule has 0 unspecified atom stereocenters. The summed E-state index contributed by atoms with van der Waals surface area (Å²) in [4.78, 5) is 17.9. The fraction of sp³-hybridized carbons (Fsp3) is 0.200. The summed E-state index contributed by atoms with van der Waals surface area (Å²) in [7, 11) is 6.07. The van der Waals surface area contributed by atoms with Crippen LogP contribution in [-0.2, 0) is 0 Å². The van der Waals surface area contributed by atoms with Gasteiger partial charge in [-0.3, -0.25) is 4.79 Å². The van der Waals surface area contributed by atoms with Crippen LogP contribution in [0.2, 0.25) is 0 Å². The van der Waals surface area contributed by atoms with Gasteiger partial charge in [0.2, 0.25) is 5.75 Å². The number of ether oxygens (including phenoxy) is 4. The molecule has 1 N–H and O–H groups in total. The number of fused-ring (bicyclic) bond motifs is 1. The van der Waals surface area contributed by atoms with Gasteiger partial charge in [-0.25, -0.2) is 4.98 Å². The maximum Gasteiger partial charge on any atom is 0.256 e. The Morgan fingerprint density at radius 1 is 0.909 bits per heavy atom. The predicted molar refractivity (Wildman–Crippen MR) is 126 cm³/mol. The van der Waals surface area contributed by atoms with Crippen molar-refractivity contribution in [3.05, 3.63) is 66.0 Å². The lowest BCUT2D eigenvalue weighted by Gasteiger charge is -2.15. The Morgan fingerprint density at radius 3 is 2.21 bits per heavy atom. The summed E-state index contributed by atoms with van der Waals surface area (Å²) in [5, 5.41) is 2.92. The maximum atomic E-state index is 13.1. The van der Waals surface area contributed by atoms with Crippen LogP contribution in [0.5, 0.6) is 23.0 Å². The van der Waals surface area contributed by atoms with Crippen LogP contribution < -0.4 is 24.3 Å². The van der Waals surface area contributed by atoms with Gasteiger partial charge in [0, 0.05) is 23.5 Å². The van der Waals surface area contributed by atoms with E-state index in [4.69, 9.17) is 23.9 Å². The predicted octanol–water partition coefficient (Wildman–Crippen LogP) is 4.60. The highest BCUT2D eigenvalue weighted by Crippen LogP contribution is 2.39. The molecule has 0 fully saturated rings. The number of nitrogens with one attached hydrogen (secondary N) is 1. The molecule has 8 nitrogen and oxygen atoms in total. The summed E-state index contributed by atoms with van der Waals surface area (Å²) in [6, 6.07) is 12.7. The minimum atomic E-state index is -0.351. The molecule has 0 radical (unpaired) electrons. The lowest BCUT2D eigenvalue weighted by Crippen LogP contribution is -2.13. The molecule has 33 heavy (non-hydrogen) atoms. The van der Waals surface area contributed by atoms with Crippen molar-refractivity contribution >= 4 is 17.2 Å². The molecule has 0 spiro atoms. The number of pyridine rings is 1. The van der Waals surface area contributed by atoms with Gasteiger partial charge in [-0.1, -0.05) is 6.07 Å². The van der Waals surface area contributed by atoms with E-state index in [0.29, 0.717) is 34.2 Å². The molecule has 0 saturated carbocycles. The molecule has 2 aromatic carbocycles. The van der Waals surface area contributed by atoms with Gasteiger partial charge in [0.25, 0.3) is 5.91 Å². The summed E-state index contributed by atoms with van der Waals surface area (Å²) in [5.41, 5.74) is 4.46. The fourth-order valence-electron chi connectivity index (χ4n) is 3.66. The van der Waals surface area contributed by atoms with Gasteiger partial charge in [0.1, 0.15) is 11.4 Å². The third-order valence-corrected chi connectivity index (χ3v) is 5.35. The summed E-state index contributed by atoms with van der Waals surface area (Å²) < 4.78 is 23.5. The molecular formula is C25H25N3O5. The zero-order valence-corrected chi connectivity index (χ0v) is 19.1. The van der Waals surface area contributed by atoms with Crippen molar-refractivity contribution in [2.24, 2.45) is 0 Å². The second-order valence-corrected chi connectivity index (χ2v) is 7.33. The van der Waals surface area contributed by atoms with Crippen molar-refractivity contribution in [1.82, 2.24) is 9.38 Å². The van der Waals surface area contributed by atoms with Gasteiger partial charge in [0.05, 0.1) is 39.8 Å². The molecule has 0 saturated heterocycles. The number of methoxy groups -OCH3 is 4. The summed E-state index contributed by atoms with van der Waals surface area (Å²) >= 11 is 0. The van der Waals surface area contributed by atoms with E-state index in [9.17, 15) is 4.79 Å². The Morgan fingerprint density at radius 2 is 1.61 bits per heavy atom. The van der Waals surface area contributed by atoms with Crippen LogP contribution in [0.4, 0.5) is 5.69 Å². The molecule has 170 valence electrons. The number of carbonyl (C=O) groups excluding carboxylic acids is 1. The first-order chi connectivity index (χ1) is 16.0. The smallest absolute Gasteiger partial charge is 0.256 e. The number of anilines is 1. The third-order valence-electron chi connectivity index (χ3n) is 5.35. The van der Waals surface area contributed by atoms with Crippen LogP contribution in [0.25, 0.3) is 16.9 Å². The van der Waals surface area contributed by atoms with Crippen LogP contribution in [0.15, 0.2) is 54.9 Å². The largest absolute Gasteiger partial charge is 0.495 e. The number of amides is 1. The molecule has 0 bridgehead atoms. The zero-order chi connectivity index (χ0) is 23.5. The van der Waals surface area contributed by atoms with E-state index in [0.717, 1.165) is 22.5 Å². The fourth-order valence-corrected chi connectivity index (χ4v) is 3.66. The van der Waals surface area contributed by atoms with E-state index < -0.39 is 0 Å². The molecule has 2 aromatic heterocycles. The second kappa shape index (κ2) is 9.12. The van der Waals surface area contributed by atoms with E-state index in [2.05, 4.69) is 5.32 Å². The number of hydrogen-bond acceptors (Lipinski definition) is 6. The number of rotatable bonds is 7. The average Bonchev–Trinajstić information content (AvgIpc) is 3.28. The third kappa shape index (κ3) is 4.15. The number of aromatic nitrogens is 2. The van der Waals surface area contributed by atoms with E-state index in [1.807, 2.05) is 48.0 Å². The lowest BCUT2D eigenvalue weighted by atomic mass is 10.1. The molecule has 2 heterocycles. The van der Waals surface area contributed by atoms with E-state index in [-0.39, 0.29) is 5.91 Å². The molecule has 8 heteroatoms. The van der Waals surface area contributed by atoms with Crippen molar-refractivity contribution in [2.75, 3.05) is 33.8 Å². The van der Waals surface area contributed by atoms with E-state index in [1.54, 1.807) is 25.3 Å². The molecule has 1 amide bonds. The van der Waals surface area contributed by atoms with Gasteiger partial charge in [-0.15, -0.1) is 0 Å². The van der Waals surface area contributed by atoms with E-state index >= 15 is 0 Å². The lowest BCUT2D eigenvalue weighted by molar-refractivity contribution is 0.102. The number of carbonyl (C=O) groups is 1. The van der Waals surface area contributed by atoms with Crippen LogP contribution >= 0.6 is 0 Å². The molecule has 0 atom stereocenters. The van der Waals surface area contributed by atoms with Crippen molar-refractivity contribution in [3.63, 3.8) is 0 Å². The Bertz CT molecular complexity index is 1300. The molecule has 4 aromatic rings. The minimum Gasteiger partial charge on any atom is -0.495 e. The highest BCUT2D eigenvalue weighted by Gasteiger charge is 2.19. The van der Waals surface area contributed by atoms with Crippen LogP contribution in [-0.4, -0.2) is 43.7 Å². The van der Waals surface area contributed by atoms with Gasteiger partial charge in [-0.05, 0) is 48.9 Å².